The molecule has 1 fully saturated rings. The molecular formula is C20H21ClFN3O2. The lowest BCUT2D eigenvalue weighted by molar-refractivity contribution is -0.143. The maximum Gasteiger partial charge on any atom is 0.313 e. The highest BCUT2D eigenvalue weighted by Gasteiger charge is 2.27. The van der Waals surface area contributed by atoms with Crippen molar-refractivity contribution < 1.29 is 14.0 Å². The van der Waals surface area contributed by atoms with Crippen LogP contribution in [0.4, 0.5) is 15.8 Å². The highest BCUT2D eigenvalue weighted by Crippen LogP contribution is 2.27. The van der Waals surface area contributed by atoms with Gasteiger partial charge in [0.2, 0.25) is 0 Å². The number of carbonyl (C=O) groups excluding carboxylic acids is 2. The lowest BCUT2D eigenvalue weighted by atomic mass is 10.1. The summed E-state index contributed by atoms with van der Waals surface area (Å²) in [6.45, 7) is 5.35. The van der Waals surface area contributed by atoms with E-state index in [4.69, 9.17) is 11.6 Å². The van der Waals surface area contributed by atoms with Crippen LogP contribution in [0.3, 0.4) is 0 Å². The Kier molecular flexibility index (Phi) is 5.65. The first-order valence-electron chi connectivity index (χ1n) is 8.73. The Labute approximate surface area is 162 Å². The fraction of sp³-hybridized carbons (Fsp3) is 0.300. The van der Waals surface area contributed by atoms with Crippen LogP contribution < -0.4 is 10.2 Å². The van der Waals surface area contributed by atoms with Crippen molar-refractivity contribution in [1.82, 2.24) is 4.90 Å². The van der Waals surface area contributed by atoms with E-state index in [-0.39, 0.29) is 5.82 Å². The summed E-state index contributed by atoms with van der Waals surface area (Å²) in [4.78, 5) is 28.2. The predicted molar refractivity (Wildman–Crippen MR) is 105 cm³/mol. The van der Waals surface area contributed by atoms with Gasteiger partial charge in [-0.1, -0.05) is 29.8 Å². The number of anilines is 2. The van der Waals surface area contributed by atoms with Crippen LogP contribution in [0.1, 0.15) is 11.1 Å². The van der Waals surface area contributed by atoms with Crippen LogP contribution in [-0.4, -0.2) is 42.9 Å². The smallest absolute Gasteiger partial charge is 0.313 e. The second-order valence-corrected chi connectivity index (χ2v) is 7.03. The molecule has 0 aromatic heterocycles. The van der Waals surface area contributed by atoms with Gasteiger partial charge in [-0.15, -0.1) is 0 Å². The molecule has 2 aromatic carbocycles. The van der Waals surface area contributed by atoms with Gasteiger partial charge in [0.1, 0.15) is 5.82 Å². The van der Waals surface area contributed by atoms with Crippen molar-refractivity contribution in [2.45, 2.75) is 13.8 Å². The Morgan fingerprint density at radius 1 is 1.07 bits per heavy atom. The van der Waals surface area contributed by atoms with E-state index in [2.05, 4.69) is 5.32 Å². The molecule has 1 N–H and O–H groups in total. The topological polar surface area (TPSA) is 52.7 Å². The maximum absolute atomic E-state index is 13.9. The molecule has 0 bridgehead atoms. The first-order valence-corrected chi connectivity index (χ1v) is 9.11. The molecule has 1 aliphatic rings. The molecule has 0 spiro atoms. The third-order valence-electron chi connectivity index (χ3n) is 4.62. The molecule has 1 heterocycles. The molecule has 1 aliphatic heterocycles. The van der Waals surface area contributed by atoms with Gasteiger partial charge in [0.15, 0.2) is 0 Å². The average Bonchev–Trinajstić information content (AvgIpc) is 2.64. The highest BCUT2D eigenvalue weighted by molar-refractivity contribution is 6.41. The fourth-order valence-electron chi connectivity index (χ4n) is 3.24. The van der Waals surface area contributed by atoms with Crippen molar-refractivity contribution in [1.29, 1.82) is 0 Å². The molecule has 0 radical (unpaired) electrons. The highest BCUT2D eigenvalue weighted by atomic mass is 35.5. The Morgan fingerprint density at radius 3 is 2.37 bits per heavy atom. The standard InChI is InChI=1S/C20H21ClFN3O2/c1-13-11-14(2)18(15(21)12-13)23-19(26)20(27)25-9-7-24(8-10-25)17-6-4-3-5-16(17)22/h3-6,11-12H,7-10H2,1-2H3,(H,23,26). The molecule has 142 valence electrons. The summed E-state index contributed by atoms with van der Waals surface area (Å²) in [5.41, 5.74) is 2.73. The summed E-state index contributed by atoms with van der Waals surface area (Å²) in [5, 5.41) is 3.02. The second kappa shape index (κ2) is 7.96. The molecule has 0 unspecified atom stereocenters. The van der Waals surface area contributed by atoms with E-state index in [0.717, 1.165) is 11.1 Å². The fourth-order valence-corrected chi connectivity index (χ4v) is 3.61. The number of para-hydroxylation sites is 1. The summed E-state index contributed by atoms with van der Waals surface area (Å²) in [6, 6.07) is 10.2. The molecule has 2 aromatic rings. The van der Waals surface area contributed by atoms with E-state index in [1.54, 1.807) is 24.3 Å². The minimum atomic E-state index is -0.719. The molecule has 7 heteroatoms. The Bertz CT molecular complexity index is 856. The summed E-state index contributed by atoms with van der Waals surface area (Å²) in [7, 11) is 0. The summed E-state index contributed by atoms with van der Waals surface area (Å²) in [6.07, 6.45) is 0. The Balaban J connectivity index is 1.62. The van der Waals surface area contributed by atoms with Crippen molar-refractivity contribution in [2.75, 3.05) is 36.4 Å². The van der Waals surface area contributed by atoms with Crippen LogP contribution in [0.15, 0.2) is 36.4 Å². The number of aryl methyl sites for hydroxylation is 2. The zero-order valence-electron chi connectivity index (χ0n) is 15.3. The number of hydrogen-bond donors (Lipinski definition) is 1. The van der Waals surface area contributed by atoms with Gasteiger partial charge in [-0.2, -0.15) is 0 Å². The lowest BCUT2D eigenvalue weighted by Crippen LogP contribution is -2.51. The van der Waals surface area contributed by atoms with Gasteiger partial charge < -0.3 is 15.1 Å². The number of nitrogens with one attached hydrogen (secondary N) is 1. The van der Waals surface area contributed by atoms with Gasteiger partial charge >= 0.3 is 11.8 Å². The molecule has 5 nitrogen and oxygen atoms in total. The van der Waals surface area contributed by atoms with Gasteiger partial charge in [-0.3, -0.25) is 9.59 Å². The van der Waals surface area contributed by atoms with E-state index in [1.807, 2.05) is 24.8 Å². The quantitative estimate of drug-likeness (QED) is 0.801. The normalized spacial score (nSPS) is 14.2. The van der Waals surface area contributed by atoms with Crippen LogP contribution in [-0.2, 0) is 9.59 Å². The lowest BCUT2D eigenvalue weighted by Gasteiger charge is -2.35. The molecule has 27 heavy (non-hydrogen) atoms. The van der Waals surface area contributed by atoms with Crippen LogP contribution >= 0.6 is 11.6 Å². The van der Waals surface area contributed by atoms with Crippen LogP contribution in [0, 0.1) is 19.7 Å². The predicted octanol–water partition coefficient (Wildman–Crippen LogP) is 3.38. The minimum absolute atomic E-state index is 0.292. The first kappa shape index (κ1) is 19.2. The number of halogens is 2. The molecule has 0 aliphatic carbocycles. The maximum atomic E-state index is 13.9. The van der Waals surface area contributed by atoms with Gasteiger partial charge in [0, 0.05) is 26.2 Å². The van der Waals surface area contributed by atoms with E-state index >= 15 is 0 Å². The number of piperazine rings is 1. The second-order valence-electron chi connectivity index (χ2n) is 6.62. The van der Waals surface area contributed by atoms with Crippen LogP contribution in [0.25, 0.3) is 0 Å². The SMILES string of the molecule is Cc1cc(C)c(NC(=O)C(=O)N2CCN(c3ccccc3F)CC2)c(Cl)c1. The zero-order valence-corrected chi connectivity index (χ0v) is 16.0. The van der Waals surface area contributed by atoms with E-state index in [1.165, 1.54) is 11.0 Å². The van der Waals surface area contributed by atoms with Crippen molar-refractivity contribution >= 4 is 34.8 Å². The number of amides is 2. The summed E-state index contributed by atoms with van der Waals surface area (Å²) >= 11 is 6.19. The molecule has 1 saturated heterocycles. The Hall–Kier alpha value is -2.60. The van der Waals surface area contributed by atoms with E-state index in [0.29, 0.717) is 42.6 Å². The zero-order chi connectivity index (χ0) is 19.6. The molecular weight excluding hydrogens is 369 g/mol. The van der Waals surface area contributed by atoms with Gasteiger partial charge in [-0.05, 0) is 43.2 Å². The summed E-state index contributed by atoms with van der Waals surface area (Å²) in [5.74, 6) is -1.62. The van der Waals surface area contributed by atoms with Crippen LogP contribution in [0.5, 0.6) is 0 Å². The van der Waals surface area contributed by atoms with Crippen molar-refractivity contribution in [3.63, 3.8) is 0 Å². The third kappa shape index (κ3) is 4.22. The molecule has 0 saturated carbocycles. The van der Waals surface area contributed by atoms with Gasteiger partial charge in [0.25, 0.3) is 0 Å². The average molecular weight is 390 g/mol. The van der Waals surface area contributed by atoms with E-state index < -0.39 is 11.8 Å². The first-order chi connectivity index (χ1) is 12.9. The van der Waals surface area contributed by atoms with E-state index in [9.17, 15) is 14.0 Å². The number of carbonyl (C=O) groups is 2. The number of benzene rings is 2. The molecule has 0 atom stereocenters. The van der Waals surface area contributed by atoms with Crippen molar-refractivity contribution in [3.8, 4) is 0 Å². The third-order valence-corrected chi connectivity index (χ3v) is 4.92. The van der Waals surface area contributed by atoms with Gasteiger partial charge in [0.05, 0.1) is 16.4 Å². The van der Waals surface area contributed by atoms with Gasteiger partial charge in [-0.25, -0.2) is 4.39 Å². The molecule has 2 amide bonds. The monoisotopic (exact) mass is 389 g/mol. The van der Waals surface area contributed by atoms with Crippen LogP contribution in [0.2, 0.25) is 5.02 Å². The summed E-state index contributed by atoms with van der Waals surface area (Å²) < 4.78 is 13.9. The largest absolute Gasteiger partial charge is 0.366 e. The minimum Gasteiger partial charge on any atom is -0.366 e. The number of nitrogens with zero attached hydrogens (tertiary/aromatic N) is 2. The Morgan fingerprint density at radius 2 is 1.74 bits per heavy atom. The number of hydrogen-bond acceptors (Lipinski definition) is 3. The molecule has 3 rings (SSSR count). The van der Waals surface area contributed by atoms with Crippen molar-refractivity contribution in [2.24, 2.45) is 0 Å². The number of rotatable bonds is 2. The van der Waals surface area contributed by atoms with Crippen molar-refractivity contribution in [3.05, 3.63) is 58.4 Å².